The Labute approximate surface area is 130 Å². The lowest BCUT2D eigenvalue weighted by Crippen LogP contribution is -2.41. The number of benzene rings is 1. The van der Waals surface area contributed by atoms with Gasteiger partial charge in [-0.3, -0.25) is 9.69 Å². The van der Waals surface area contributed by atoms with Gasteiger partial charge in [-0.25, -0.2) is 8.42 Å². The summed E-state index contributed by atoms with van der Waals surface area (Å²) in [5.41, 5.74) is 0.956. The summed E-state index contributed by atoms with van der Waals surface area (Å²) in [5.74, 6) is 0.0482. The van der Waals surface area contributed by atoms with E-state index in [0.717, 1.165) is 5.56 Å². The largest absolute Gasteiger partial charge is 0.351 e. The van der Waals surface area contributed by atoms with E-state index in [1.165, 1.54) is 0 Å². The molecule has 1 atom stereocenters. The van der Waals surface area contributed by atoms with Crippen molar-refractivity contribution in [3.63, 3.8) is 0 Å². The molecule has 1 aromatic carbocycles. The zero-order chi connectivity index (χ0) is 15.5. The normalized spacial score (nSPS) is 20.6. The predicted molar refractivity (Wildman–Crippen MR) is 83.0 cm³/mol. The summed E-state index contributed by atoms with van der Waals surface area (Å²) in [6.45, 7) is 0.776. The van der Waals surface area contributed by atoms with E-state index in [9.17, 15) is 13.2 Å². The summed E-state index contributed by atoms with van der Waals surface area (Å²) < 4.78 is 22.7. The Bertz CT molecular complexity index is 618. The molecule has 0 radical (unpaired) electrons. The smallest absolute Gasteiger partial charge is 0.234 e. The average molecular weight is 331 g/mol. The molecular formula is C14H19ClN2O3S. The second kappa shape index (κ2) is 6.77. The van der Waals surface area contributed by atoms with E-state index >= 15 is 0 Å². The average Bonchev–Trinajstić information content (AvgIpc) is 2.71. The Hall–Kier alpha value is -1.11. The Morgan fingerprint density at radius 2 is 2.14 bits per heavy atom. The number of hydrogen-bond donors (Lipinski definition) is 1. The van der Waals surface area contributed by atoms with E-state index in [0.29, 0.717) is 18.0 Å². The number of rotatable bonds is 5. The second-order valence-electron chi connectivity index (χ2n) is 5.43. The number of halogens is 1. The minimum atomic E-state index is -2.97. The lowest BCUT2D eigenvalue weighted by molar-refractivity contribution is -0.122. The van der Waals surface area contributed by atoms with Crippen LogP contribution in [0.1, 0.15) is 12.0 Å². The summed E-state index contributed by atoms with van der Waals surface area (Å²) in [4.78, 5) is 13.8. The lowest BCUT2D eigenvalue weighted by Gasteiger charge is -2.18. The molecule has 0 saturated carbocycles. The molecule has 0 aromatic heterocycles. The predicted octanol–water partition coefficient (Wildman–Crippen LogP) is 1.08. The Kier molecular flexibility index (Phi) is 5.24. The summed E-state index contributed by atoms with van der Waals surface area (Å²) in [6.07, 6.45) is 0.502. The van der Waals surface area contributed by atoms with Crippen LogP contribution in [0.5, 0.6) is 0 Å². The highest BCUT2D eigenvalue weighted by molar-refractivity contribution is 7.91. The fourth-order valence-corrected chi connectivity index (χ4v) is 4.27. The third-order valence-electron chi connectivity index (χ3n) is 3.41. The maximum absolute atomic E-state index is 11.9. The molecule has 0 bridgehead atoms. The summed E-state index contributed by atoms with van der Waals surface area (Å²) >= 11 is 6.08. The van der Waals surface area contributed by atoms with Crippen LogP contribution >= 0.6 is 11.6 Å². The lowest BCUT2D eigenvalue weighted by atomic mass is 10.2. The molecule has 0 unspecified atom stereocenters. The van der Waals surface area contributed by atoms with Crippen LogP contribution in [0.2, 0.25) is 5.02 Å². The highest BCUT2D eigenvalue weighted by Crippen LogP contribution is 2.16. The molecule has 1 saturated heterocycles. The number of amides is 1. The van der Waals surface area contributed by atoms with Gasteiger partial charge in [0, 0.05) is 17.6 Å². The topological polar surface area (TPSA) is 66.5 Å². The van der Waals surface area contributed by atoms with Gasteiger partial charge in [0.15, 0.2) is 9.84 Å². The number of nitrogens with zero attached hydrogens (tertiary/aromatic N) is 1. The van der Waals surface area contributed by atoms with Crippen LogP contribution in [-0.4, -0.2) is 50.4 Å². The highest BCUT2D eigenvalue weighted by Gasteiger charge is 2.28. The number of carbonyl (C=O) groups is 1. The first-order valence-corrected chi connectivity index (χ1v) is 8.97. The molecule has 1 heterocycles. The minimum Gasteiger partial charge on any atom is -0.351 e. The standard InChI is InChI=1S/C14H19ClN2O3S/c1-17(8-11-4-2-3-5-13(11)15)9-14(18)16-12-6-7-21(19,20)10-12/h2-5,12H,6-10H2,1H3,(H,16,18)/t12-/m0/s1. The molecule has 1 amide bonds. The van der Waals surface area contributed by atoms with Crippen LogP contribution in [0.3, 0.4) is 0 Å². The van der Waals surface area contributed by atoms with Crippen LogP contribution < -0.4 is 5.32 Å². The molecule has 1 fully saturated rings. The van der Waals surface area contributed by atoms with E-state index in [1.807, 2.05) is 36.2 Å². The quantitative estimate of drug-likeness (QED) is 0.877. The molecule has 21 heavy (non-hydrogen) atoms. The van der Waals surface area contributed by atoms with Crippen molar-refractivity contribution < 1.29 is 13.2 Å². The first-order chi connectivity index (χ1) is 9.85. The van der Waals surface area contributed by atoms with Crippen LogP contribution in [0.25, 0.3) is 0 Å². The monoisotopic (exact) mass is 330 g/mol. The third kappa shape index (κ3) is 4.98. The van der Waals surface area contributed by atoms with Crippen molar-refractivity contribution in [1.82, 2.24) is 10.2 Å². The molecule has 0 aliphatic carbocycles. The third-order valence-corrected chi connectivity index (χ3v) is 5.55. The van der Waals surface area contributed by atoms with Crippen molar-refractivity contribution in [2.75, 3.05) is 25.1 Å². The van der Waals surface area contributed by atoms with Gasteiger partial charge >= 0.3 is 0 Å². The van der Waals surface area contributed by atoms with Crippen molar-refractivity contribution in [1.29, 1.82) is 0 Å². The summed E-state index contributed by atoms with van der Waals surface area (Å²) in [7, 11) is -1.14. The van der Waals surface area contributed by atoms with Gasteiger partial charge in [0.2, 0.25) is 5.91 Å². The van der Waals surface area contributed by atoms with E-state index in [2.05, 4.69) is 5.32 Å². The van der Waals surface area contributed by atoms with Gasteiger partial charge in [0.1, 0.15) is 0 Å². The van der Waals surface area contributed by atoms with E-state index in [-0.39, 0.29) is 30.0 Å². The van der Waals surface area contributed by atoms with Crippen LogP contribution in [-0.2, 0) is 21.2 Å². The fraction of sp³-hybridized carbons (Fsp3) is 0.500. The number of nitrogens with one attached hydrogen (secondary N) is 1. The van der Waals surface area contributed by atoms with Gasteiger partial charge in [-0.2, -0.15) is 0 Å². The van der Waals surface area contributed by atoms with Crippen molar-refractivity contribution in [2.24, 2.45) is 0 Å². The maximum Gasteiger partial charge on any atom is 0.234 e. The van der Waals surface area contributed by atoms with Crippen LogP contribution in [0, 0.1) is 0 Å². The minimum absolute atomic E-state index is 0.0486. The maximum atomic E-state index is 11.9. The van der Waals surface area contributed by atoms with Gasteiger partial charge in [-0.1, -0.05) is 29.8 Å². The number of carbonyl (C=O) groups excluding carboxylic acids is 1. The van der Waals surface area contributed by atoms with E-state index < -0.39 is 9.84 Å². The van der Waals surface area contributed by atoms with Gasteiger partial charge in [-0.05, 0) is 25.1 Å². The van der Waals surface area contributed by atoms with Gasteiger partial charge in [-0.15, -0.1) is 0 Å². The molecular weight excluding hydrogens is 312 g/mol. The molecule has 0 spiro atoms. The van der Waals surface area contributed by atoms with Crippen LogP contribution in [0.15, 0.2) is 24.3 Å². The molecule has 5 nitrogen and oxygen atoms in total. The number of likely N-dealkylation sites (N-methyl/N-ethyl adjacent to an activating group) is 1. The van der Waals surface area contributed by atoms with Gasteiger partial charge in [0.25, 0.3) is 0 Å². The highest BCUT2D eigenvalue weighted by atomic mass is 35.5. The number of hydrogen-bond acceptors (Lipinski definition) is 4. The molecule has 7 heteroatoms. The fourth-order valence-electron chi connectivity index (χ4n) is 2.40. The summed E-state index contributed by atoms with van der Waals surface area (Å²) in [5, 5.41) is 3.45. The Balaban J connectivity index is 1.81. The molecule has 2 rings (SSSR count). The molecule has 116 valence electrons. The Morgan fingerprint density at radius 1 is 1.43 bits per heavy atom. The van der Waals surface area contributed by atoms with Crippen LogP contribution in [0.4, 0.5) is 0 Å². The van der Waals surface area contributed by atoms with E-state index in [1.54, 1.807) is 0 Å². The van der Waals surface area contributed by atoms with E-state index in [4.69, 9.17) is 11.6 Å². The van der Waals surface area contributed by atoms with Gasteiger partial charge < -0.3 is 5.32 Å². The zero-order valence-corrected chi connectivity index (χ0v) is 13.5. The first kappa shape index (κ1) is 16.3. The van der Waals surface area contributed by atoms with Crippen molar-refractivity contribution in [3.05, 3.63) is 34.9 Å². The van der Waals surface area contributed by atoms with Crippen molar-refractivity contribution in [3.8, 4) is 0 Å². The zero-order valence-electron chi connectivity index (χ0n) is 11.9. The van der Waals surface area contributed by atoms with Gasteiger partial charge in [0.05, 0.1) is 18.1 Å². The SMILES string of the molecule is CN(CC(=O)N[C@H]1CCS(=O)(=O)C1)Cc1ccccc1Cl. The number of sulfone groups is 1. The summed E-state index contributed by atoms with van der Waals surface area (Å²) in [6, 6.07) is 7.24. The first-order valence-electron chi connectivity index (χ1n) is 6.77. The molecule has 1 aliphatic rings. The second-order valence-corrected chi connectivity index (χ2v) is 8.07. The molecule has 1 N–H and O–H groups in total. The van der Waals surface area contributed by atoms with Crippen molar-refractivity contribution in [2.45, 2.75) is 19.0 Å². The van der Waals surface area contributed by atoms with Crippen molar-refractivity contribution >= 4 is 27.3 Å². The Morgan fingerprint density at radius 3 is 2.76 bits per heavy atom. The molecule has 1 aromatic rings. The molecule has 1 aliphatic heterocycles.